The van der Waals surface area contributed by atoms with Gasteiger partial charge < -0.3 is 10.6 Å². The number of anilines is 2. The number of carbonyl (C=O) groups is 1. The third kappa shape index (κ3) is 5.14. The van der Waals surface area contributed by atoms with Gasteiger partial charge in [-0.05, 0) is 50.1 Å². The van der Waals surface area contributed by atoms with Crippen molar-refractivity contribution in [3.05, 3.63) is 75.3 Å². The molecule has 0 saturated carbocycles. The van der Waals surface area contributed by atoms with Crippen LogP contribution in [0.4, 0.5) is 24.0 Å². The van der Waals surface area contributed by atoms with E-state index in [1.807, 2.05) is 26.0 Å². The molecule has 29 heavy (non-hydrogen) atoms. The first kappa shape index (κ1) is 20.9. The van der Waals surface area contributed by atoms with Crippen molar-refractivity contribution in [3.8, 4) is 0 Å². The summed E-state index contributed by atoms with van der Waals surface area (Å²) >= 11 is 1.23. The van der Waals surface area contributed by atoms with Gasteiger partial charge in [0.25, 0.3) is 5.91 Å². The van der Waals surface area contributed by atoms with Gasteiger partial charge in [-0.25, -0.2) is 4.98 Å². The Kier molecular flexibility index (Phi) is 5.93. The van der Waals surface area contributed by atoms with Crippen LogP contribution >= 0.6 is 11.3 Å². The van der Waals surface area contributed by atoms with Gasteiger partial charge in [-0.3, -0.25) is 4.79 Å². The molecule has 3 aromatic rings. The van der Waals surface area contributed by atoms with Crippen LogP contribution in [0, 0.1) is 20.8 Å². The first-order valence-electron chi connectivity index (χ1n) is 8.89. The number of halogens is 3. The molecule has 0 bridgehead atoms. The number of nitrogens with one attached hydrogen (secondary N) is 2. The Labute approximate surface area is 170 Å². The molecule has 4 nitrogen and oxygen atoms in total. The highest BCUT2D eigenvalue weighted by atomic mass is 32.1. The molecule has 3 rings (SSSR count). The Morgan fingerprint density at radius 1 is 1.07 bits per heavy atom. The van der Waals surface area contributed by atoms with Crippen LogP contribution in [0.15, 0.2) is 42.5 Å². The molecule has 1 aromatic heterocycles. The minimum atomic E-state index is -4.37. The lowest BCUT2D eigenvalue weighted by Crippen LogP contribution is -2.22. The minimum Gasteiger partial charge on any atom is -0.347 e. The Morgan fingerprint density at radius 2 is 1.76 bits per heavy atom. The normalized spacial score (nSPS) is 11.4. The van der Waals surface area contributed by atoms with Crippen molar-refractivity contribution in [2.45, 2.75) is 33.5 Å². The molecular weight excluding hydrogens is 399 g/mol. The third-order valence-corrected chi connectivity index (χ3v) is 5.43. The molecule has 0 saturated heterocycles. The molecule has 152 valence electrons. The molecule has 0 aliphatic heterocycles. The highest BCUT2D eigenvalue weighted by Crippen LogP contribution is 2.29. The van der Waals surface area contributed by atoms with E-state index in [1.165, 1.54) is 23.5 Å². The Morgan fingerprint density at radius 3 is 2.38 bits per heavy atom. The highest BCUT2D eigenvalue weighted by molar-refractivity contribution is 7.17. The molecule has 2 N–H and O–H groups in total. The van der Waals surface area contributed by atoms with Gasteiger partial charge in [0.2, 0.25) is 0 Å². The van der Waals surface area contributed by atoms with Crippen LogP contribution < -0.4 is 10.6 Å². The number of amides is 1. The van der Waals surface area contributed by atoms with E-state index in [9.17, 15) is 18.0 Å². The second-order valence-corrected chi connectivity index (χ2v) is 7.75. The van der Waals surface area contributed by atoms with Crippen LogP contribution in [0.1, 0.15) is 37.6 Å². The maximum Gasteiger partial charge on any atom is 0.416 e. The summed E-state index contributed by atoms with van der Waals surface area (Å²) < 4.78 is 37.9. The SMILES string of the molecule is Cc1ccc(Nc2nc(C)c(C(=O)NCc3ccc(C(F)(F)F)cc3)s2)c(C)c1. The molecule has 0 unspecified atom stereocenters. The van der Waals surface area contributed by atoms with E-state index >= 15 is 0 Å². The summed E-state index contributed by atoms with van der Waals surface area (Å²) in [5.41, 5.74) is 3.61. The number of aromatic nitrogens is 1. The van der Waals surface area contributed by atoms with Crippen molar-refractivity contribution in [1.29, 1.82) is 0 Å². The number of hydrogen-bond acceptors (Lipinski definition) is 4. The predicted molar refractivity (Wildman–Crippen MR) is 109 cm³/mol. The highest BCUT2D eigenvalue weighted by Gasteiger charge is 2.29. The maximum atomic E-state index is 12.6. The number of carbonyl (C=O) groups excluding carboxylic acids is 1. The minimum absolute atomic E-state index is 0.133. The summed E-state index contributed by atoms with van der Waals surface area (Å²) in [6.07, 6.45) is -4.37. The van der Waals surface area contributed by atoms with Gasteiger partial charge in [0.05, 0.1) is 11.3 Å². The van der Waals surface area contributed by atoms with E-state index in [-0.39, 0.29) is 12.5 Å². The monoisotopic (exact) mass is 419 g/mol. The molecule has 0 aliphatic rings. The topological polar surface area (TPSA) is 54.0 Å². The lowest BCUT2D eigenvalue weighted by Gasteiger charge is -2.08. The van der Waals surface area contributed by atoms with Crippen molar-refractivity contribution in [1.82, 2.24) is 10.3 Å². The second-order valence-electron chi connectivity index (χ2n) is 6.75. The van der Waals surface area contributed by atoms with E-state index in [0.717, 1.165) is 28.9 Å². The van der Waals surface area contributed by atoms with E-state index in [1.54, 1.807) is 6.92 Å². The van der Waals surface area contributed by atoms with Crippen molar-refractivity contribution < 1.29 is 18.0 Å². The fourth-order valence-corrected chi connectivity index (χ4v) is 3.70. The van der Waals surface area contributed by atoms with Crippen molar-refractivity contribution in [2.24, 2.45) is 0 Å². The van der Waals surface area contributed by atoms with E-state index < -0.39 is 11.7 Å². The Hall–Kier alpha value is -2.87. The molecule has 0 spiro atoms. The fraction of sp³-hybridized carbons (Fsp3) is 0.238. The van der Waals surface area contributed by atoms with Gasteiger partial charge in [0.1, 0.15) is 4.88 Å². The number of alkyl halides is 3. The molecular formula is C21H20F3N3OS. The van der Waals surface area contributed by atoms with Crippen LogP contribution in [-0.4, -0.2) is 10.9 Å². The molecule has 1 amide bonds. The molecule has 8 heteroatoms. The van der Waals surface area contributed by atoms with Gasteiger partial charge in [0, 0.05) is 12.2 Å². The zero-order chi connectivity index (χ0) is 21.2. The maximum absolute atomic E-state index is 12.6. The number of rotatable bonds is 5. The number of thiazole rings is 1. The van der Waals surface area contributed by atoms with Crippen LogP contribution in [0.3, 0.4) is 0 Å². The first-order valence-corrected chi connectivity index (χ1v) is 9.71. The number of hydrogen-bond donors (Lipinski definition) is 2. The molecule has 0 aliphatic carbocycles. The zero-order valence-corrected chi connectivity index (χ0v) is 17.0. The molecule has 2 aromatic carbocycles. The van der Waals surface area contributed by atoms with Gasteiger partial charge in [0.15, 0.2) is 5.13 Å². The summed E-state index contributed by atoms with van der Waals surface area (Å²) in [5, 5.41) is 6.57. The fourth-order valence-electron chi connectivity index (χ4n) is 2.80. The lowest BCUT2D eigenvalue weighted by atomic mass is 10.1. The molecule has 0 fully saturated rings. The van der Waals surface area contributed by atoms with Gasteiger partial charge >= 0.3 is 6.18 Å². The van der Waals surface area contributed by atoms with E-state index in [0.29, 0.717) is 21.3 Å². The average Bonchev–Trinajstić information content (AvgIpc) is 3.02. The van der Waals surface area contributed by atoms with E-state index in [4.69, 9.17) is 0 Å². The van der Waals surface area contributed by atoms with Gasteiger partial charge in [-0.15, -0.1) is 0 Å². The summed E-state index contributed by atoms with van der Waals surface area (Å²) in [6, 6.07) is 10.7. The summed E-state index contributed by atoms with van der Waals surface area (Å²) in [4.78, 5) is 17.4. The second kappa shape index (κ2) is 8.24. The Bertz CT molecular complexity index is 1030. The van der Waals surface area contributed by atoms with E-state index in [2.05, 4.69) is 21.7 Å². The number of aryl methyl sites for hydroxylation is 3. The molecule has 0 radical (unpaired) electrons. The number of benzene rings is 2. The quantitative estimate of drug-likeness (QED) is 0.553. The lowest BCUT2D eigenvalue weighted by molar-refractivity contribution is -0.137. The average molecular weight is 419 g/mol. The van der Waals surface area contributed by atoms with Crippen molar-refractivity contribution in [3.63, 3.8) is 0 Å². The largest absolute Gasteiger partial charge is 0.416 e. The van der Waals surface area contributed by atoms with Crippen LogP contribution in [-0.2, 0) is 12.7 Å². The van der Waals surface area contributed by atoms with Crippen molar-refractivity contribution >= 4 is 28.1 Å². The van der Waals surface area contributed by atoms with Crippen molar-refractivity contribution in [2.75, 3.05) is 5.32 Å². The molecule has 1 heterocycles. The standard InChI is InChI=1S/C21H20F3N3OS/c1-12-4-9-17(13(2)10-12)27-20-26-14(3)18(29-20)19(28)25-11-15-5-7-16(8-6-15)21(22,23)24/h4-10H,11H2,1-3H3,(H,25,28)(H,26,27). The van der Waals surface area contributed by atoms with Crippen LogP contribution in [0.25, 0.3) is 0 Å². The zero-order valence-electron chi connectivity index (χ0n) is 16.1. The van der Waals surface area contributed by atoms with Gasteiger partial charge in [-0.1, -0.05) is 41.2 Å². The Balaban J connectivity index is 1.65. The number of nitrogens with zero attached hydrogens (tertiary/aromatic N) is 1. The van der Waals surface area contributed by atoms with Crippen LogP contribution in [0.5, 0.6) is 0 Å². The predicted octanol–water partition coefficient (Wildman–Crippen LogP) is 5.76. The van der Waals surface area contributed by atoms with Gasteiger partial charge in [-0.2, -0.15) is 13.2 Å². The summed E-state index contributed by atoms with van der Waals surface area (Å²) in [5.74, 6) is -0.312. The smallest absolute Gasteiger partial charge is 0.347 e. The summed E-state index contributed by atoms with van der Waals surface area (Å²) in [7, 11) is 0. The first-order chi connectivity index (χ1) is 13.6. The summed E-state index contributed by atoms with van der Waals surface area (Å²) in [6.45, 7) is 5.89. The third-order valence-electron chi connectivity index (χ3n) is 4.36. The molecule has 0 atom stereocenters. The van der Waals surface area contributed by atoms with Crippen LogP contribution in [0.2, 0.25) is 0 Å².